The lowest BCUT2D eigenvalue weighted by atomic mass is 10.3. The summed E-state index contributed by atoms with van der Waals surface area (Å²) in [4.78, 5) is 4.24. The lowest BCUT2D eigenvalue weighted by Gasteiger charge is -1.95. The molecule has 0 bridgehead atoms. The van der Waals surface area contributed by atoms with Gasteiger partial charge in [0.25, 0.3) is 0 Å². The van der Waals surface area contributed by atoms with Gasteiger partial charge in [-0.2, -0.15) is 0 Å². The summed E-state index contributed by atoms with van der Waals surface area (Å²) in [5, 5.41) is 4.47. The van der Waals surface area contributed by atoms with Gasteiger partial charge in [-0.3, -0.25) is 0 Å². The Hall–Kier alpha value is -0.620. The van der Waals surface area contributed by atoms with Crippen molar-refractivity contribution in [2.45, 2.75) is 0 Å². The van der Waals surface area contributed by atoms with E-state index in [0.29, 0.717) is 20.7 Å². The summed E-state index contributed by atoms with van der Waals surface area (Å²) >= 11 is 18.0. The largest absolute Gasteiger partial charge is 0.376 e. The Morgan fingerprint density at radius 1 is 1.47 bits per heavy atom. The maximum atomic E-state index is 6.00. The molecule has 0 radical (unpaired) electrons. The summed E-state index contributed by atoms with van der Waals surface area (Å²) < 4.78 is 0.933. The molecule has 15 heavy (non-hydrogen) atoms. The van der Waals surface area contributed by atoms with Crippen molar-refractivity contribution in [2.75, 3.05) is 5.32 Å². The van der Waals surface area contributed by atoms with Crippen LogP contribution in [0.15, 0.2) is 12.1 Å². The van der Waals surface area contributed by atoms with Crippen molar-refractivity contribution >= 4 is 67.2 Å². The molecule has 1 heterocycles. The number of nitrogens with one attached hydrogen (secondary N) is 1. The molecular weight excluding hydrogens is 273 g/mol. The first-order valence-corrected chi connectivity index (χ1v) is 5.87. The second-order valence-electron chi connectivity index (χ2n) is 2.72. The van der Waals surface area contributed by atoms with Gasteiger partial charge in [-0.05, 0) is 24.4 Å². The lowest BCUT2D eigenvalue weighted by Crippen LogP contribution is -2.18. The summed E-state index contributed by atoms with van der Waals surface area (Å²) in [7, 11) is 0. The topological polar surface area (TPSA) is 50.9 Å². The van der Waals surface area contributed by atoms with Crippen LogP contribution in [-0.2, 0) is 0 Å². The molecule has 0 amide bonds. The van der Waals surface area contributed by atoms with Crippen LogP contribution in [0.5, 0.6) is 0 Å². The number of benzene rings is 1. The van der Waals surface area contributed by atoms with Crippen LogP contribution in [0.1, 0.15) is 0 Å². The van der Waals surface area contributed by atoms with Crippen LogP contribution in [0.3, 0.4) is 0 Å². The number of thiazole rings is 1. The van der Waals surface area contributed by atoms with Gasteiger partial charge in [0.1, 0.15) is 5.52 Å². The van der Waals surface area contributed by atoms with Gasteiger partial charge in [-0.15, -0.1) is 0 Å². The monoisotopic (exact) mass is 277 g/mol. The van der Waals surface area contributed by atoms with E-state index in [0.717, 1.165) is 4.70 Å². The van der Waals surface area contributed by atoms with Crippen molar-refractivity contribution in [1.29, 1.82) is 0 Å². The third kappa shape index (κ3) is 2.15. The van der Waals surface area contributed by atoms with Crippen LogP contribution in [-0.4, -0.2) is 10.1 Å². The quantitative estimate of drug-likeness (QED) is 0.786. The molecule has 0 aliphatic carbocycles. The number of anilines is 1. The number of hydrogen-bond donors (Lipinski definition) is 2. The molecule has 0 atom stereocenters. The Morgan fingerprint density at radius 3 is 2.87 bits per heavy atom. The van der Waals surface area contributed by atoms with E-state index in [1.54, 1.807) is 6.07 Å². The van der Waals surface area contributed by atoms with Gasteiger partial charge in [-0.1, -0.05) is 34.5 Å². The molecular formula is C8H5Cl2N3S2. The predicted octanol–water partition coefficient (Wildman–Crippen LogP) is 3.26. The number of fused-ring (bicyclic) bond motifs is 1. The van der Waals surface area contributed by atoms with E-state index in [4.69, 9.17) is 41.2 Å². The molecule has 0 spiro atoms. The van der Waals surface area contributed by atoms with Crippen LogP contribution < -0.4 is 11.1 Å². The van der Waals surface area contributed by atoms with Crippen molar-refractivity contribution in [3.8, 4) is 0 Å². The molecule has 2 rings (SSSR count). The van der Waals surface area contributed by atoms with E-state index < -0.39 is 0 Å². The maximum Gasteiger partial charge on any atom is 0.190 e. The van der Waals surface area contributed by atoms with Gasteiger partial charge in [0, 0.05) is 0 Å². The summed E-state index contributed by atoms with van der Waals surface area (Å²) in [6.45, 7) is 0. The van der Waals surface area contributed by atoms with Crippen molar-refractivity contribution in [3.63, 3.8) is 0 Å². The molecule has 3 N–H and O–H groups in total. The zero-order valence-corrected chi connectivity index (χ0v) is 10.4. The molecule has 0 saturated heterocycles. The highest BCUT2D eigenvalue weighted by molar-refractivity contribution is 7.80. The second kappa shape index (κ2) is 4.09. The van der Waals surface area contributed by atoms with Crippen LogP contribution in [0.4, 0.5) is 5.13 Å². The minimum absolute atomic E-state index is 0.177. The van der Waals surface area contributed by atoms with Crippen LogP contribution >= 0.6 is 46.8 Å². The third-order valence-corrected chi connectivity index (χ3v) is 3.51. The average molecular weight is 278 g/mol. The first-order valence-electron chi connectivity index (χ1n) is 3.89. The summed E-state index contributed by atoms with van der Waals surface area (Å²) in [6.07, 6.45) is 0. The van der Waals surface area contributed by atoms with E-state index >= 15 is 0 Å². The molecule has 0 aliphatic rings. The molecule has 0 fully saturated rings. The molecule has 0 unspecified atom stereocenters. The fourth-order valence-corrected chi connectivity index (χ4v) is 2.56. The average Bonchev–Trinajstić information content (AvgIpc) is 2.54. The number of halogens is 2. The predicted molar refractivity (Wildman–Crippen MR) is 70.0 cm³/mol. The molecule has 1 aromatic heterocycles. The van der Waals surface area contributed by atoms with E-state index in [9.17, 15) is 0 Å². The minimum Gasteiger partial charge on any atom is -0.376 e. The highest BCUT2D eigenvalue weighted by Crippen LogP contribution is 2.35. The van der Waals surface area contributed by atoms with Crippen molar-refractivity contribution < 1.29 is 0 Å². The number of aromatic nitrogens is 1. The van der Waals surface area contributed by atoms with E-state index in [1.807, 2.05) is 6.07 Å². The molecule has 2 aromatic rings. The van der Waals surface area contributed by atoms with Gasteiger partial charge in [0.15, 0.2) is 10.2 Å². The zero-order chi connectivity index (χ0) is 11.0. The van der Waals surface area contributed by atoms with E-state index in [2.05, 4.69) is 10.3 Å². The van der Waals surface area contributed by atoms with Crippen molar-refractivity contribution in [3.05, 3.63) is 22.2 Å². The molecule has 3 nitrogen and oxygen atoms in total. The Labute approximate surface area is 105 Å². The Balaban J connectivity index is 2.56. The Morgan fingerprint density at radius 2 is 2.20 bits per heavy atom. The van der Waals surface area contributed by atoms with E-state index in [1.165, 1.54) is 11.3 Å². The lowest BCUT2D eigenvalue weighted by molar-refractivity contribution is 1.47. The number of thiocarbonyl (C=S) groups is 1. The van der Waals surface area contributed by atoms with E-state index in [-0.39, 0.29) is 5.11 Å². The SMILES string of the molecule is NC(=S)Nc1nc2c(Cl)c(Cl)ccc2s1. The first-order chi connectivity index (χ1) is 7.08. The third-order valence-electron chi connectivity index (χ3n) is 1.68. The highest BCUT2D eigenvalue weighted by Gasteiger charge is 2.09. The Kier molecular flexibility index (Phi) is 2.97. The second-order valence-corrected chi connectivity index (χ2v) is 4.97. The minimum atomic E-state index is 0.177. The molecule has 0 aliphatic heterocycles. The first kappa shape index (κ1) is 10.9. The van der Waals surface area contributed by atoms with Crippen LogP contribution in [0.2, 0.25) is 10.0 Å². The number of nitrogens with zero attached hydrogens (tertiary/aromatic N) is 1. The molecule has 1 aromatic carbocycles. The van der Waals surface area contributed by atoms with Crippen molar-refractivity contribution in [2.24, 2.45) is 5.73 Å². The van der Waals surface area contributed by atoms with Gasteiger partial charge >= 0.3 is 0 Å². The van der Waals surface area contributed by atoms with Gasteiger partial charge in [0.2, 0.25) is 0 Å². The van der Waals surface area contributed by atoms with Gasteiger partial charge in [0.05, 0.1) is 14.7 Å². The Bertz CT molecular complexity index is 538. The van der Waals surface area contributed by atoms with Crippen molar-refractivity contribution in [1.82, 2.24) is 4.98 Å². The zero-order valence-electron chi connectivity index (χ0n) is 7.25. The van der Waals surface area contributed by atoms with Gasteiger partial charge in [-0.25, -0.2) is 4.98 Å². The fraction of sp³-hybridized carbons (Fsp3) is 0. The summed E-state index contributed by atoms with van der Waals surface area (Å²) in [6, 6.07) is 3.58. The number of nitrogens with two attached hydrogens (primary N) is 1. The van der Waals surface area contributed by atoms with Crippen LogP contribution in [0.25, 0.3) is 10.2 Å². The molecule has 7 heteroatoms. The smallest absolute Gasteiger partial charge is 0.190 e. The standard InChI is InChI=1S/C8H5Cl2N3S2/c9-3-1-2-4-6(5(3)10)12-8(15-4)13-7(11)14/h1-2H,(H3,11,12,13,14). The van der Waals surface area contributed by atoms with Crippen LogP contribution in [0, 0.1) is 0 Å². The number of hydrogen-bond acceptors (Lipinski definition) is 3. The molecule has 0 saturated carbocycles. The van der Waals surface area contributed by atoms with Gasteiger partial charge < -0.3 is 11.1 Å². The highest BCUT2D eigenvalue weighted by atomic mass is 35.5. The molecule has 78 valence electrons. The fourth-order valence-electron chi connectivity index (χ4n) is 1.10. The summed E-state index contributed by atoms with van der Waals surface area (Å²) in [5.74, 6) is 0. The summed E-state index contributed by atoms with van der Waals surface area (Å²) in [5.41, 5.74) is 6.00. The normalized spacial score (nSPS) is 10.5. The maximum absolute atomic E-state index is 6.00. The number of rotatable bonds is 1.